The first kappa shape index (κ1) is 26.8. The lowest BCUT2D eigenvalue weighted by Gasteiger charge is -2.51. The lowest BCUT2D eigenvalue weighted by atomic mass is 9.83. The Morgan fingerprint density at radius 2 is 1.84 bits per heavy atom. The molecule has 1 unspecified atom stereocenters. The van der Waals surface area contributed by atoms with Crippen LogP contribution in [-0.2, 0) is 26.7 Å². The van der Waals surface area contributed by atoms with E-state index >= 15 is 0 Å². The van der Waals surface area contributed by atoms with E-state index in [2.05, 4.69) is 31.6 Å². The summed E-state index contributed by atoms with van der Waals surface area (Å²) in [6.45, 7) is 0.236. The first-order chi connectivity index (χ1) is 18.0. The molecule has 3 aliphatic heterocycles. The van der Waals surface area contributed by atoms with Gasteiger partial charge < -0.3 is 15.3 Å². The molecule has 206 valence electrons. The van der Waals surface area contributed by atoms with E-state index in [1.165, 1.54) is 10.4 Å². The fraction of sp³-hybridized carbons (Fsp3) is 0.636. The summed E-state index contributed by atoms with van der Waals surface area (Å²) in [5, 5.41) is 27.8. The first-order valence-corrected chi connectivity index (χ1v) is 15.7. The number of nitrogens with zero attached hydrogens (tertiary/aromatic N) is 7. The van der Waals surface area contributed by atoms with E-state index in [0.29, 0.717) is 24.4 Å². The Kier molecular flexibility index (Phi) is 7.07. The number of hydrogen-bond acceptors (Lipinski definition) is 11. The van der Waals surface area contributed by atoms with Gasteiger partial charge in [0.25, 0.3) is 10.2 Å². The molecule has 0 radical (unpaired) electrons. The summed E-state index contributed by atoms with van der Waals surface area (Å²) in [4.78, 5) is 10.7. The van der Waals surface area contributed by atoms with Gasteiger partial charge in [-0.05, 0) is 25.7 Å². The van der Waals surface area contributed by atoms with Gasteiger partial charge in [-0.1, -0.05) is 6.42 Å². The summed E-state index contributed by atoms with van der Waals surface area (Å²) in [5.74, 6) is 0.529. The summed E-state index contributed by atoms with van der Waals surface area (Å²) in [6, 6.07) is 4.54. The van der Waals surface area contributed by atoms with Gasteiger partial charge >= 0.3 is 0 Å². The molecular formula is C22H31N9O5S2. The zero-order valence-electron chi connectivity index (χ0n) is 21.1. The molecule has 3 aliphatic rings. The topological polar surface area (TPSA) is 189 Å². The van der Waals surface area contributed by atoms with Gasteiger partial charge in [-0.3, -0.25) is 5.10 Å². The zero-order valence-corrected chi connectivity index (χ0v) is 22.8. The minimum Gasteiger partial charge on any atom is -0.390 e. The SMILES string of the molecule is CN(c1nc(Nc2cc(CO)[nH]n2)cc(S(C)(=O)=O)n1)C1C[C@H]2CCC[C@@H](C1)N2S(=O)(=O)N1CC(C#N)C1. The van der Waals surface area contributed by atoms with Crippen molar-refractivity contribution in [2.75, 3.05) is 36.6 Å². The predicted octanol–water partition coefficient (Wildman–Crippen LogP) is 0.361. The number of aliphatic hydroxyl groups excluding tert-OH is 1. The van der Waals surface area contributed by atoms with E-state index in [-0.39, 0.29) is 60.5 Å². The van der Waals surface area contributed by atoms with Crippen LogP contribution in [0.5, 0.6) is 0 Å². The van der Waals surface area contributed by atoms with Gasteiger partial charge in [0.2, 0.25) is 5.95 Å². The van der Waals surface area contributed by atoms with Crippen molar-refractivity contribution in [3.8, 4) is 6.07 Å². The fourth-order valence-electron chi connectivity index (χ4n) is 5.47. The lowest BCUT2D eigenvalue weighted by Crippen LogP contribution is -2.64. The van der Waals surface area contributed by atoms with Gasteiger partial charge in [0.1, 0.15) is 5.82 Å². The van der Waals surface area contributed by atoms with Gasteiger partial charge in [0.15, 0.2) is 20.7 Å². The molecule has 0 amide bonds. The van der Waals surface area contributed by atoms with Gasteiger partial charge in [-0.25, -0.2) is 13.4 Å². The molecule has 0 saturated carbocycles. The number of aromatic nitrogens is 4. The zero-order chi connectivity index (χ0) is 27.2. The summed E-state index contributed by atoms with van der Waals surface area (Å²) in [5.41, 5.74) is 0.483. The number of rotatable bonds is 8. The Bertz CT molecular complexity index is 1440. The van der Waals surface area contributed by atoms with Crippen molar-refractivity contribution in [1.29, 1.82) is 5.26 Å². The van der Waals surface area contributed by atoms with Crippen LogP contribution in [0.25, 0.3) is 0 Å². The average molecular weight is 566 g/mol. The fourth-order valence-corrected chi connectivity index (χ4v) is 8.18. The van der Waals surface area contributed by atoms with E-state index in [4.69, 9.17) is 5.26 Å². The molecule has 0 spiro atoms. The summed E-state index contributed by atoms with van der Waals surface area (Å²) in [6.07, 6.45) is 4.58. The molecule has 2 aromatic rings. The van der Waals surface area contributed by atoms with Crippen molar-refractivity contribution in [2.24, 2.45) is 5.92 Å². The Morgan fingerprint density at radius 1 is 1.16 bits per heavy atom. The second-order valence-corrected chi connectivity index (χ2v) is 14.0. The number of piperidine rings is 2. The van der Waals surface area contributed by atoms with Crippen molar-refractivity contribution in [3.63, 3.8) is 0 Å². The van der Waals surface area contributed by atoms with Crippen LogP contribution in [0.4, 0.5) is 17.6 Å². The highest BCUT2D eigenvalue weighted by molar-refractivity contribution is 7.90. The molecule has 3 fully saturated rings. The van der Waals surface area contributed by atoms with Crippen LogP contribution in [0.2, 0.25) is 0 Å². The molecule has 0 aliphatic carbocycles. The Balaban J connectivity index is 1.39. The van der Waals surface area contributed by atoms with Crippen molar-refractivity contribution < 1.29 is 21.9 Å². The maximum absolute atomic E-state index is 13.4. The van der Waals surface area contributed by atoms with Crippen LogP contribution in [0.3, 0.4) is 0 Å². The van der Waals surface area contributed by atoms with E-state index in [1.54, 1.807) is 17.4 Å². The second kappa shape index (κ2) is 10.0. The Labute approximate surface area is 221 Å². The van der Waals surface area contributed by atoms with E-state index < -0.39 is 20.0 Å². The number of hydrogen-bond donors (Lipinski definition) is 3. The maximum atomic E-state index is 13.4. The maximum Gasteiger partial charge on any atom is 0.282 e. The molecule has 5 heterocycles. The molecule has 38 heavy (non-hydrogen) atoms. The molecule has 14 nitrogen and oxygen atoms in total. The standard InChI is InChI=1S/C22H31N9O5S2/c1-29(22-25-19(9-21(26-22)37(2,33)34)24-20-6-15(13-32)27-28-20)18-7-16-4-3-5-17(8-18)31(16)38(35,36)30-11-14(10-23)12-30/h6,9,14,16-18,32H,3-5,7-8,11-13H2,1-2H3,(H2,24,25,26,27,28)/t16-,17+,18?. The normalized spacial score (nSPS) is 24.9. The van der Waals surface area contributed by atoms with Crippen molar-refractivity contribution >= 4 is 37.6 Å². The van der Waals surface area contributed by atoms with Crippen LogP contribution in [0.15, 0.2) is 17.2 Å². The number of nitriles is 1. The molecule has 2 aromatic heterocycles. The van der Waals surface area contributed by atoms with Gasteiger partial charge in [-0.15, -0.1) is 0 Å². The molecule has 16 heteroatoms. The molecule has 3 saturated heterocycles. The molecule has 2 bridgehead atoms. The quantitative estimate of drug-likeness (QED) is 0.375. The van der Waals surface area contributed by atoms with Crippen LogP contribution in [-0.4, -0.2) is 95.2 Å². The van der Waals surface area contributed by atoms with Gasteiger partial charge in [0, 0.05) is 56.7 Å². The minimum absolute atomic E-state index is 0.103. The molecule has 0 aromatic carbocycles. The predicted molar refractivity (Wildman–Crippen MR) is 137 cm³/mol. The molecule has 5 rings (SSSR count). The number of aliphatic hydroxyl groups is 1. The smallest absolute Gasteiger partial charge is 0.282 e. The number of nitrogens with one attached hydrogen (secondary N) is 2. The van der Waals surface area contributed by atoms with E-state index in [0.717, 1.165) is 25.5 Å². The van der Waals surface area contributed by atoms with Crippen LogP contribution in [0, 0.1) is 17.2 Å². The van der Waals surface area contributed by atoms with Crippen molar-refractivity contribution in [2.45, 2.75) is 61.9 Å². The van der Waals surface area contributed by atoms with Crippen LogP contribution in [0.1, 0.15) is 37.8 Å². The van der Waals surface area contributed by atoms with E-state index in [9.17, 15) is 21.9 Å². The average Bonchev–Trinajstić information content (AvgIpc) is 3.28. The highest BCUT2D eigenvalue weighted by atomic mass is 32.2. The number of aromatic amines is 1. The number of sulfone groups is 1. The summed E-state index contributed by atoms with van der Waals surface area (Å²) >= 11 is 0. The number of fused-ring (bicyclic) bond motifs is 2. The van der Waals surface area contributed by atoms with E-state index in [1.807, 2.05) is 4.90 Å². The summed E-state index contributed by atoms with van der Waals surface area (Å²) in [7, 11) is -5.53. The third kappa shape index (κ3) is 5.08. The lowest BCUT2D eigenvalue weighted by molar-refractivity contribution is 0.0930. The van der Waals surface area contributed by atoms with Crippen LogP contribution < -0.4 is 10.2 Å². The van der Waals surface area contributed by atoms with Crippen LogP contribution >= 0.6 is 0 Å². The molecule has 3 N–H and O–H groups in total. The number of H-pyrrole nitrogens is 1. The van der Waals surface area contributed by atoms with Gasteiger partial charge in [-0.2, -0.15) is 32.4 Å². The largest absolute Gasteiger partial charge is 0.390 e. The third-order valence-electron chi connectivity index (χ3n) is 7.50. The minimum atomic E-state index is -3.66. The summed E-state index contributed by atoms with van der Waals surface area (Å²) < 4.78 is 54.6. The highest BCUT2D eigenvalue weighted by Gasteiger charge is 2.50. The van der Waals surface area contributed by atoms with Crippen molar-refractivity contribution in [3.05, 3.63) is 17.8 Å². The van der Waals surface area contributed by atoms with Crippen molar-refractivity contribution in [1.82, 2.24) is 28.8 Å². The number of anilines is 3. The monoisotopic (exact) mass is 565 g/mol. The highest BCUT2D eigenvalue weighted by Crippen LogP contribution is 2.40. The Hall–Kier alpha value is -2.84. The third-order valence-corrected chi connectivity index (χ3v) is 10.5. The first-order valence-electron chi connectivity index (χ1n) is 12.4. The molecular weight excluding hydrogens is 534 g/mol. The second-order valence-electron chi connectivity index (χ2n) is 10.2. The van der Waals surface area contributed by atoms with Gasteiger partial charge in [0.05, 0.1) is 24.3 Å². The Morgan fingerprint density at radius 3 is 2.42 bits per heavy atom. The molecule has 3 atom stereocenters.